The van der Waals surface area contributed by atoms with Crippen LogP contribution in [0.15, 0.2) is 12.7 Å². The first kappa shape index (κ1) is 17.1. The van der Waals surface area contributed by atoms with Crippen molar-refractivity contribution in [1.82, 2.24) is 0 Å². The summed E-state index contributed by atoms with van der Waals surface area (Å²) in [7, 11) is -6.54. The van der Waals surface area contributed by atoms with Crippen molar-refractivity contribution < 1.29 is 43.5 Å². The molecule has 0 aliphatic heterocycles. The summed E-state index contributed by atoms with van der Waals surface area (Å²) in [6, 6.07) is 0. The van der Waals surface area contributed by atoms with Crippen molar-refractivity contribution in [2.45, 2.75) is 23.0 Å². The van der Waals surface area contributed by atoms with Gasteiger partial charge < -0.3 is 0 Å². The van der Waals surface area contributed by atoms with Gasteiger partial charge in [0.1, 0.15) is 0 Å². The van der Waals surface area contributed by atoms with Gasteiger partial charge in [-0.15, -0.1) is 0 Å². The Hall–Kier alpha value is -0.910. The van der Waals surface area contributed by atoms with Gasteiger partial charge in [0.15, 0.2) is 0 Å². The lowest BCUT2D eigenvalue weighted by molar-refractivity contribution is -0.335. The fourth-order valence-electron chi connectivity index (χ4n) is 0.699. The van der Waals surface area contributed by atoms with Crippen molar-refractivity contribution in [2.24, 2.45) is 5.14 Å². The number of rotatable bonds is 5. The number of hydrogen-bond acceptors (Lipinski definition) is 2. The first-order valence-corrected chi connectivity index (χ1v) is 5.28. The van der Waals surface area contributed by atoms with E-state index in [1.165, 1.54) is 0 Å². The smallest absolute Gasteiger partial charge is 0.223 e. The fourth-order valence-corrected chi connectivity index (χ4v) is 1.18. The molecular weight excluding hydrogens is 302 g/mol. The Balaban J connectivity index is 6.04. The second-order valence-corrected chi connectivity index (χ2v) is 4.64. The minimum absolute atomic E-state index is 1.01. The van der Waals surface area contributed by atoms with Crippen LogP contribution in [0.3, 0.4) is 0 Å². The molecule has 0 bridgehead atoms. The maximum Gasteiger partial charge on any atom is 0.426 e. The molecule has 0 rings (SSSR count). The molecule has 2 N–H and O–H groups in total. The summed E-state index contributed by atoms with van der Waals surface area (Å²) in [5, 5.41) is -2.97. The van der Waals surface area contributed by atoms with E-state index >= 15 is 0 Å². The fraction of sp³-hybridized carbons (Fsp3) is 0.667. The van der Waals surface area contributed by atoms with E-state index in [1.807, 2.05) is 0 Å². The Morgan fingerprint density at radius 3 is 1.44 bits per heavy atom. The van der Waals surface area contributed by atoms with Crippen LogP contribution < -0.4 is 5.14 Å². The van der Waals surface area contributed by atoms with E-state index in [-0.39, 0.29) is 0 Å². The minimum Gasteiger partial charge on any atom is -0.223 e. The lowest BCUT2D eigenvalue weighted by atomic mass is 10.1. The number of nitrogens with two attached hydrogens (primary N) is 1. The quantitative estimate of drug-likeness (QED) is 0.623. The summed E-state index contributed by atoms with van der Waals surface area (Å²) >= 11 is 0. The first-order chi connectivity index (χ1) is 7.56. The number of sulfonamides is 1. The predicted molar refractivity (Wildman–Crippen MR) is 43.1 cm³/mol. The highest BCUT2D eigenvalue weighted by Gasteiger charge is 2.83. The van der Waals surface area contributed by atoms with Crippen molar-refractivity contribution in [3.8, 4) is 0 Å². The largest absolute Gasteiger partial charge is 0.426 e. The average molecular weight is 307 g/mol. The van der Waals surface area contributed by atoms with E-state index in [0.29, 0.717) is 0 Å². The number of halogens is 8. The third-order valence-corrected chi connectivity index (χ3v) is 2.76. The van der Waals surface area contributed by atoms with Crippen LogP contribution in [0.5, 0.6) is 0 Å². The average Bonchev–Trinajstić information content (AvgIpc) is 2.15. The first-order valence-electron chi connectivity index (χ1n) is 3.73. The molecule has 0 unspecified atom stereocenters. The maximum atomic E-state index is 12.7. The molecule has 0 atom stereocenters. The topological polar surface area (TPSA) is 60.2 Å². The van der Waals surface area contributed by atoms with Crippen LogP contribution in [0.25, 0.3) is 0 Å². The molecule has 0 fully saturated rings. The Labute approximate surface area is 95.3 Å². The molecule has 0 radical (unpaired) electrons. The summed E-state index contributed by atoms with van der Waals surface area (Å²) in [6.07, 6.45) is -1.01. The molecule has 0 aromatic rings. The van der Waals surface area contributed by atoms with E-state index in [9.17, 15) is 43.5 Å². The van der Waals surface area contributed by atoms with Crippen LogP contribution in [-0.2, 0) is 10.0 Å². The molecule has 0 amide bonds. The normalized spacial score (nSPS) is 15.6. The van der Waals surface area contributed by atoms with Gasteiger partial charge in [-0.05, 0) is 6.08 Å². The standard InChI is InChI=1S/C6H5F8NO2S/c1-2-3(7,8)4(9,10)5(11,12)6(13,14)18(15,16)17/h2H,1H2,(H2,15,16,17). The number of hydrogen-bond donors (Lipinski definition) is 1. The van der Waals surface area contributed by atoms with Crippen molar-refractivity contribution in [3.63, 3.8) is 0 Å². The van der Waals surface area contributed by atoms with E-state index in [1.54, 1.807) is 0 Å². The van der Waals surface area contributed by atoms with Crippen LogP contribution in [0.4, 0.5) is 35.1 Å². The Kier molecular flexibility index (Phi) is 3.84. The van der Waals surface area contributed by atoms with Gasteiger partial charge in [0.25, 0.3) is 10.0 Å². The van der Waals surface area contributed by atoms with Crippen molar-refractivity contribution in [1.29, 1.82) is 0 Å². The monoisotopic (exact) mass is 307 g/mol. The Bertz CT molecular complexity index is 443. The molecule has 0 heterocycles. The van der Waals surface area contributed by atoms with Gasteiger partial charge in [-0.3, -0.25) is 0 Å². The molecular formula is C6H5F8NO2S. The van der Waals surface area contributed by atoms with Crippen LogP contribution in [0, 0.1) is 0 Å². The second kappa shape index (κ2) is 4.05. The zero-order chi connectivity index (χ0) is 15.2. The van der Waals surface area contributed by atoms with E-state index in [0.717, 1.165) is 0 Å². The predicted octanol–water partition coefficient (Wildman–Crippen LogP) is 1.96. The van der Waals surface area contributed by atoms with E-state index in [2.05, 4.69) is 11.7 Å². The van der Waals surface area contributed by atoms with Gasteiger partial charge in [0.2, 0.25) is 0 Å². The molecule has 0 saturated heterocycles. The van der Waals surface area contributed by atoms with Crippen molar-refractivity contribution >= 4 is 10.0 Å². The molecule has 0 aromatic heterocycles. The zero-order valence-corrected chi connectivity index (χ0v) is 8.93. The minimum atomic E-state index is -6.94. The summed E-state index contributed by atoms with van der Waals surface area (Å²) in [5.74, 6) is -19.4. The van der Waals surface area contributed by atoms with Gasteiger partial charge in [-0.1, -0.05) is 6.58 Å². The molecule has 0 aliphatic rings. The van der Waals surface area contributed by atoms with Gasteiger partial charge in [-0.25, -0.2) is 13.6 Å². The highest BCUT2D eigenvalue weighted by molar-refractivity contribution is 7.90. The molecule has 18 heavy (non-hydrogen) atoms. The number of primary sulfonamides is 1. The summed E-state index contributed by atoms with van der Waals surface area (Å²) in [5.41, 5.74) is 0. The van der Waals surface area contributed by atoms with Crippen LogP contribution in [0.1, 0.15) is 0 Å². The van der Waals surface area contributed by atoms with Crippen LogP contribution in [0.2, 0.25) is 0 Å². The lowest BCUT2D eigenvalue weighted by Gasteiger charge is -2.34. The van der Waals surface area contributed by atoms with Crippen LogP contribution in [-0.4, -0.2) is 31.4 Å². The third kappa shape index (κ3) is 2.06. The summed E-state index contributed by atoms with van der Waals surface area (Å²) < 4.78 is 121. The molecule has 3 nitrogen and oxygen atoms in total. The number of alkyl halides is 8. The molecule has 0 saturated carbocycles. The number of allylic oxidation sites excluding steroid dienone is 1. The second-order valence-electron chi connectivity index (χ2n) is 3.04. The molecule has 0 spiro atoms. The molecule has 0 aliphatic carbocycles. The molecule has 12 heteroatoms. The summed E-state index contributed by atoms with van der Waals surface area (Å²) in [6.45, 7) is 2.07. The van der Waals surface area contributed by atoms with Crippen molar-refractivity contribution in [3.05, 3.63) is 12.7 Å². The van der Waals surface area contributed by atoms with Crippen LogP contribution >= 0.6 is 0 Å². The SMILES string of the molecule is C=CC(F)(F)C(F)(F)C(F)(F)C(F)(F)S(N)(=O)=O. The van der Waals surface area contributed by atoms with Gasteiger partial charge in [0, 0.05) is 0 Å². The zero-order valence-electron chi connectivity index (χ0n) is 8.11. The maximum absolute atomic E-state index is 12.7. The van der Waals surface area contributed by atoms with Gasteiger partial charge >= 0.3 is 23.0 Å². The van der Waals surface area contributed by atoms with E-state index in [4.69, 9.17) is 0 Å². The van der Waals surface area contributed by atoms with E-state index < -0.39 is 39.1 Å². The Morgan fingerprint density at radius 1 is 0.889 bits per heavy atom. The van der Waals surface area contributed by atoms with Gasteiger partial charge in [-0.2, -0.15) is 35.1 Å². The lowest BCUT2D eigenvalue weighted by Crippen LogP contribution is -2.64. The van der Waals surface area contributed by atoms with Gasteiger partial charge in [0.05, 0.1) is 0 Å². The summed E-state index contributed by atoms with van der Waals surface area (Å²) in [4.78, 5) is 0. The molecule has 108 valence electrons. The Morgan fingerprint density at radius 2 is 1.22 bits per heavy atom. The highest BCUT2D eigenvalue weighted by Crippen LogP contribution is 2.53. The molecule has 0 aromatic carbocycles. The third-order valence-electron chi connectivity index (χ3n) is 1.79. The van der Waals surface area contributed by atoms with Crippen molar-refractivity contribution in [2.75, 3.05) is 0 Å². The highest BCUT2D eigenvalue weighted by atomic mass is 32.2.